The maximum Gasteiger partial charge on any atom is 0.286 e. The molecule has 0 unspecified atom stereocenters. The molecule has 2 N–H and O–H groups in total. The fraction of sp³-hybridized carbons (Fsp3) is 0.200. The van der Waals surface area contributed by atoms with Gasteiger partial charge in [0, 0.05) is 23.7 Å². The summed E-state index contributed by atoms with van der Waals surface area (Å²) in [5.41, 5.74) is 2.02. The van der Waals surface area contributed by atoms with Crippen molar-refractivity contribution in [2.45, 2.75) is 32.9 Å². The molecule has 2 heterocycles. The van der Waals surface area contributed by atoms with Crippen LogP contribution in [0.2, 0.25) is 0 Å². The molecule has 2 aromatic carbocycles. The van der Waals surface area contributed by atoms with E-state index in [9.17, 15) is 9.59 Å². The van der Waals surface area contributed by atoms with Gasteiger partial charge in [-0.3, -0.25) is 9.59 Å². The summed E-state index contributed by atoms with van der Waals surface area (Å²) in [5, 5.41) is 14.5. The van der Waals surface area contributed by atoms with E-state index >= 15 is 0 Å². The summed E-state index contributed by atoms with van der Waals surface area (Å²) < 4.78 is 11.0. The molecular formula is C25H24N4O4S. The fourth-order valence-corrected chi connectivity index (χ4v) is 3.91. The van der Waals surface area contributed by atoms with E-state index in [2.05, 4.69) is 20.8 Å². The molecule has 0 aliphatic carbocycles. The number of ether oxygens (including phenoxy) is 1. The first-order valence-corrected chi connectivity index (χ1v) is 11.5. The van der Waals surface area contributed by atoms with Crippen molar-refractivity contribution in [2.75, 3.05) is 5.32 Å². The van der Waals surface area contributed by atoms with Gasteiger partial charge in [0.05, 0.1) is 6.26 Å². The summed E-state index contributed by atoms with van der Waals surface area (Å²) >= 11 is 1.16. The van der Waals surface area contributed by atoms with Crippen molar-refractivity contribution in [3.8, 4) is 5.75 Å². The van der Waals surface area contributed by atoms with Crippen LogP contribution in [0, 0.1) is 6.92 Å². The quantitative estimate of drug-likeness (QED) is 0.365. The van der Waals surface area contributed by atoms with Crippen molar-refractivity contribution in [3.05, 3.63) is 93.8 Å². The van der Waals surface area contributed by atoms with Crippen molar-refractivity contribution in [3.63, 3.8) is 0 Å². The molecule has 1 atom stereocenters. The van der Waals surface area contributed by atoms with E-state index in [4.69, 9.17) is 9.15 Å². The zero-order chi connectivity index (χ0) is 23.9. The van der Waals surface area contributed by atoms with Gasteiger partial charge in [0.2, 0.25) is 5.01 Å². The van der Waals surface area contributed by atoms with Gasteiger partial charge in [-0.05, 0) is 61.9 Å². The zero-order valence-electron chi connectivity index (χ0n) is 18.8. The first-order valence-electron chi connectivity index (χ1n) is 10.7. The Kier molecular flexibility index (Phi) is 7.34. The minimum Gasteiger partial charge on any atom is -0.486 e. The first-order chi connectivity index (χ1) is 16.5. The molecule has 0 aliphatic heterocycles. The summed E-state index contributed by atoms with van der Waals surface area (Å²) in [6.45, 7) is 4.11. The number of carbonyl (C=O) groups is 2. The molecule has 2 amide bonds. The van der Waals surface area contributed by atoms with Crippen molar-refractivity contribution < 1.29 is 18.7 Å². The molecule has 0 radical (unpaired) electrons. The van der Waals surface area contributed by atoms with Crippen LogP contribution in [-0.4, -0.2) is 28.1 Å². The van der Waals surface area contributed by atoms with E-state index in [-0.39, 0.29) is 23.6 Å². The van der Waals surface area contributed by atoms with Crippen LogP contribution in [-0.2, 0) is 13.0 Å². The van der Waals surface area contributed by atoms with Gasteiger partial charge in [-0.1, -0.05) is 29.5 Å². The van der Waals surface area contributed by atoms with Crippen LogP contribution < -0.4 is 15.4 Å². The minimum absolute atomic E-state index is 0.112. The van der Waals surface area contributed by atoms with Crippen molar-refractivity contribution in [1.29, 1.82) is 0 Å². The van der Waals surface area contributed by atoms with E-state index in [0.29, 0.717) is 22.7 Å². The molecule has 0 aliphatic rings. The Morgan fingerprint density at radius 3 is 2.71 bits per heavy atom. The molecule has 8 nitrogen and oxygen atoms in total. The van der Waals surface area contributed by atoms with Gasteiger partial charge in [0.25, 0.3) is 11.8 Å². The number of benzene rings is 2. The van der Waals surface area contributed by atoms with Crippen LogP contribution in [0.3, 0.4) is 0 Å². The molecule has 4 aromatic rings. The number of hydrogen-bond donors (Lipinski definition) is 2. The van der Waals surface area contributed by atoms with Crippen molar-refractivity contribution in [1.82, 2.24) is 15.5 Å². The molecule has 0 saturated heterocycles. The summed E-state index contributed by atoms with van der Waals surface area (Å²) in [6, 6.07) is 18.0. The van der Waals surface area contributed by atoms with E-state index in [0.717, 1.165) is 28.4 Å². The lowest BCUT2D eigenvalue weighted by atomic mass is 10.1. The molecule has 0 saturated carbocycles. The highest BCUT2D eigenvalue weighted by Gasteiger charge is 2.16. The number of nitrogens with one attached hydrogen (secondary N) is 2. The Morgan fingerprint density at radius 2 is 1.91 bits per heavy atom. The third-order valence-electron chi connectivity index (χ3n) is 4.86. The highest BCUT2D eigenvalue weighted by molar-refractivity contribution is 7.13. The second kappa shape index (κ2) is 10.8. The molecular weight excluding hydrogens is 452 g/mol. The predicted molar refractivity (Wildman–Crippen MR) is 129 cm³/mol. The molecule has 0 fully saturated rings. The third kappa shape index (κ3) is 6.29. The van der Waals surface area contributed by atoms with Gasteiger partial charge in [0.1, 0.15) is 18.1 Å². The summed E-state index contributed by atoms with van der Waals surface area (Å²) in [4.78, 5) is 25.2. The third-order valence-corrected chi connectivity index (χ3v) is 5.76. The van der Waals surface area contributed by atoms with Crippen molar-refractivity contribution >= 4 is 28.8 Å². The average molecular weight is 477 g/mol. The molecule has 4 rings (SSSR count). The lowest BCUT2D eigenvalue weighted by Crippen LogP contribution is -2.34. The predicted octanol–water partition coefficient (Wildman–Crippen LogP) is 4.63. The highest BCUT2D eigenvalue weighted by atomic mass is 32.1. The van der Waals surface area contributed by atoms with Crippen LogP contribution in [0.15, 0.2) is 71.3 Å². The normalized spacial score (nSPS) is 11.6. The van der Waals surface area contributed by atoms with E-state index in [1.165, 1.54) is 0 Å². The monoisotopic (exact) mass is 476 g/mol. The van der Waals surface area contributed by atoms with Crippen molar-refractivity contribution in [2.24, 2.45) is 0 Å². The van der Waals surface area contributed by atoms with Crippen LogP contribution in [0.5, 0.6) is 5.75 Å². The van der Waals surface area contributed by atoms with Gasteiger partial charge in [-0.15, -0.1) is 10.2 Å². The number of furan rings is 1. The summed E-state index contributed by atoms with van der Waals surface area (Å²) in [5.74, 6) is 0.897. The first kappa shape index (κ1) is 23.2. The van der Waals surface area contributed by atoms with Crippen LogP contribution in [0.4, 0.5) is 5.69 Å². The Labute approximate surface area is 201 Å². The average Bonchev–Trinajstić information content (AvgIpc) is 3.50. The van der Waals surface area contributed by atoms with Gasteiger partial charge >= 0.3 is 0 Å². The van der Waals surface area contributed by atoms with Gasteiger partial charge in [-0.25, -0.2) is 0 Å². The zero-order valence-corrected chi connectivity index (χ0v) is 19.6. The minimum atomic E-state index is -0.400. The second-order valence-electron chi connectivity index (χ2n) is 7.80. The molecule has 9 heteroatoms. The number of aromatic nitrogens is 2. The van der Waals surface area contributed by atoms with Gasteiger partial charge in [0.15, 0.2) is 5.01 Å². The maximum atomic E-state index is 12.6. The molecule has 34 heavy (non-hydrogen) atoms. The second-order valence-corrected chi connectivity index (χ2v) is 8.86. The number of anilines is 1. The standard InChI is InChI=1S/C25H24N4O4S/c1-16-6-3-9-20(12-16)33-15-22-28-29-25(34-22)24(31)27-19-8-4-7-18(14-19)23(30)26-17(2)13-21-10-5-11-32-21/h3-12,14,17H,13,15H2,1-2H3,(H,26,30)(H,27,31)/t17-/m0/s1. The topological polar surface area (TPSA) is 106 Å². The molecule has 0 bridgehead atoms. The van der Waals surface area contributed by atoms with Crippen LogP contribution >= 0.6 is 11.3 Å². The number of carbonyl (C=O) groups excluding carboxylic acids is 2. The highest BCUT2D eigenvalue weighted by Crippen LogP contribution is 2.18. The fourth-order valence-electron chi connectivity index (χ4n) is 3.27. The summed E-state index contributed by atoms with van der Waals surface area (Å²) in [6.07, 6.45) is 2.19. The smallest absolute Gasteiger partial charge is 0.286 e. The van der Waals surface area contributed by atoms with Crippen LogP contribution in [0.25, 0.3) is 0 Å². The summed E-state index contributed by atoms with van der Waals surface area (Å²) in [7, 11) is 0. The SMILES string of the molecule is Cc1cccc(OCc2nnc(C(=O)Nc3cccc(C(=O)N[C@@H](C)Cc4ccco4)c3)s2)c1. The number of aryl methyl sites for hydroxylation is 1. The van der Waals surface area contributed by atoms with E-state index in [1.807, 2.05) is 50.2 Å². The van der Waals surface area contributed by atoms with E-state index < -0.39 is 5.91 Å². The number of rotatable bonds is 9. The van der Waals surface area contributed by atoms with Gasteiger partial charge in [-0.2, -0.15) is 0 Å². The Hall–Kier alpha value is -3.98. The molecule has 0 spiro atoms. The Morgan fingerprint density at radius 1 is 1.06 bits per heavy atom. The van der Waals surface area contributed by atoms with Gasteiger partial charge < -0.3 is 19.8 Å². The maximum absolute atomic E-state index is 12.6. The molecule has 2 aromatic heterocycles. The Bertz CT molecular complexity index is 1270. The lowest BCUT2D eigenvalue weighted by molar-refractivity contribution is 0.0938. The number of hydrogen-bond acceptors (Lipinski definition) is 7. The van der Waals surface area contributed by atoms with E-state index in [1.54, 1.807) is 30.5 Å². The largest absolute Gasteiger partial charge is 0.486 e. The molecule has 174 valence electrons. The lowest BCUT2D eigenvalue weighted by Gasteiger charge is -2.13. The van der Waals surface area contributed by atoms with Crippen LogP contribution in [0.1, 0.15) is 43.4 Å². The number of amides is 2. The Balaban J connectivity index is 1.32. The number of nitrogens with zero attached hydrogens (tertiary/aromatic N) is 2.